The predicted molar refractivity (Wildman–Crippen MR) is 69.5 cm³/mol. The van der Waals surface area contributed by atoms with Gasteiger partial charge in [-0.1, -0.05) is 19.1 Å². The van der Waals surface area contributed by atoms with Crippen LogP contribution in [0.15, 0.2) is 18.2 Å². The molecule has 0 N–H and O–H groups in total. The zero-order valence-corrected chi connectivity index (χ0v) is 11.0. The monoisotopic (exact) mass is 256 g/mol. The van der Waals surface area contributed by atoms with Crippen LogP contribution in [0.2, 0.25) is 0 Å². The quantitative estimate of drug-likeness (QED) is 0.726. The zero-order chi connectivity index (χ0) is 13.3. The lowest BCUT2D eigenvalue weighted by atomic mass is 9.67. The topological polar surface area (TPSA) is 46.7 Å². The average molecular weight is 256 g/mol. The van der Waals surface area contributed by atoms with Crippen LogP contribution in [0.4, 0.5) is 0 Å². The van der Waals surface area contributed by atoms with Crippen molar-refractivity contribution in [3.63, 3.8) is 0 Å². The lowest BCUT2D eigenvalue weighted by molar-refractivity contribution is 0.0810. The molecule has 1 aromatic carbocycles. The van der Waals surface area contributed by atoms with E-state index in [0.29, 0.717) is 24.0 Å². The number of hydrogen-bond acceptors (Lipinski definition) is 3. The number of epoxide rings is 1. The van der Waals surface area contributed by atoms with Crippen molar-refractivity contribution < 1.29 is 14.3 Å². The number of ether oxygens (including phenoxy) is 1. The van der Waals surface area contributed by atoms with Gasteiger partial charge in [-0.3, -0.25) is 9.59 Å². The Morgan fingerprint density at radius 1 is 1.05 bits per heavy atom. The number of carbonyl (C=O) groups excluding carboxylic acids is 2. The van der Waals surface area contributed by atoms with E-state index in [0.717, 1.165) is 24.8 Å². The summed E-state index contributed by atoms with van der Waals surface area (Å²) in [5.41, 5.74) is 0.641. The van der Waals surface area contributed by atoms with Gasteiger partial charge >= 0.3 is 0 Å². The summed E-state index contributed by atoms with van der Waals surface area (Å²) in [5.74, 6) is 0.0709. The van der Waals surface area contributed by atoms with E-state index in [2.05, 4.69) is 0 Å². The molecule has 1 aliphatic heterocycles. The van der Waals surface area contributed by atoms with Crippen LogP contribution in [-0.4, -0.2) is 22.8 Å². The lowest BCUT2D eigenvalue weighted by Crippen LogP contribution is -2.46. The van der Waals surface area contributed by atoms with Crippen LogP contribution >= 0.6 is 0 Å². The molecule has 0 aromatic heterocycles. The fourth-order valence-electron chi connectivity index (χ4n) is 3.84. The summed E-state index contributed by atoms with van der Waals surface area (Å²) < 4.78 is 5.80. The maximum atomic E-state index is 12.7. The van der Waals surface area contributed by atoms with Crippen LogP contribution in [0.1, 0.15) is 58.9 Å². The zero-order valence-electron chi connectivity index (χ0n) is 11.0. The largest absolute Gasteiger partial charge is 0.345 e. The van der Waals surface area contributed by atoms with Gasteiger partial charge in [0.1, 0.15) is 0 Å². The van der Waals surface area contributed by atoms with Crippen molar-refractivity contribution >= 4 is 11.6 Å². The first-order valence-electron chi connectivity index (χ1n) is 7.07. The maximum absolute atomic E-state index is 12.7. The minimum atomic E-state index is -0.804. The van der Waals surface area contributed by atoms with E-state index >= 15 is 0 Å². The van der Waals surface area contributed by atoms with Gasteiger partial charge in [-0.2, -0.15) is 0 Å². The van der Waals surface area contributed by atoms with Gasteiger partial charge in [-0.05, 0) is 43.7 Å². The lowest BCUT2D eigenvalue weighted by Gasteiger charge is -2.28. The van der Waals surface area contributed by atoms with Crippen molar-refractivity contribution in [3.05, 3.63) is 34.9 Å². The molecule has 0 radical (unpaired) electrons. The molecule has 2 unspecified atom stereocenters. The third-order valence-corrected chi connectivity index (χ3v) is 4.98. The van der Waals surface area contributed by atoms with Gasteiger partial charge in [-0.25, -0.2) is 0 Å². The number of carbonyl (C=O) groups is 2. The second-order valence-electron chi connectivity index (χ2n) is 5.85. The fourth-order valence-corrected chi connectivity index (χ4v) is 3.84. The first-order valence-corrected chi connectivity index (χ1v) is 7.07. The Bertz CT molecular complexity index is 618. The number of aryl methyl sites for hydroxylation is 1. The average Bonchev–Trinajstić information content (AvgIpc) is 3.16. The number of Topliss-reactive ketones (excluding diaryl/α,β-unsaturated/α-hetero) is 2. The van der Waals surface area contributed by atoms with Crippen LogP contribution in [0.3, 0.4) is 0 Å². The Balaban J connectivity index is 1.92. The third-order valence-electron chi connectivity index (χ3n) is 4.98. The van der Waals surface area contributed by atoms with E-state index in [1.807, 2.05) is 25.1 Å². The second-order valence-corrected chi connectivity index (χ2v) is 5.85. The fraction of sp³-hybridized carbons (Fsp3) is 0.500. The van der Waals surface area contributed by atoms with Crippen molar-refractivity contribution in [2.75, 3.05) is 0 Å². The van der Waals surface area contributed by atoms with Crippen molar-refractivity contribution in [3.8, 4) is 0 Å². The standard InChI is InChI=1S/C16H16O3/c1-2-10-5-6-11-12(9-10)14(18)16-8-4-3-7-15(16,19-16)13(11)17/h5-6,9H,2-4,7-8H2,1H3. The van der Waals surface area contributed by atoms with E-state index < -0.39 is 11.2 Å². The van der Waals surface area contributed by atoms with Gasteiger partial charge in [0.25, 0.3) is 0 Å². The SMILES string of the molecule is CCc1ccc2c(c1)C(=O)C13CCCCC1(O3)C2=O. The Kier molecular flexibility index (Phi) is 2.00. The highest BCUT2D eigenvalue weighted by molar-refractivity contribution is 6.25. The highest BCUT2D eigenvalue weighted by Crippen LogP contribution is 2.62. The van der Waals surface area contributed by atoms with Gasteiger partial charge in [0.05, 0.1) is 0 Å². The molecule has 2 atom stereocenters. The third kappa shape index (κ3) is 1.13. The summed E-state index contributed by atoms with van der Waals surface area (Å²) in [6.07, 6.45) is 4.22. The molecule has 4 rings (SSSR count). The summed E-state index contributed by atoms with van der Waals surface area (Å²) in [7, 11) is 0. The number of rotatable bonds is 1. The molecule has 0 spiro atoms. The molecule has 1 saturated heterocycles. The number of hydrogen-bond donors (Lipinski definition) is 0. The number of benzene rings is 1. The van der Waals surface area contributed by atoms with Gasteiger partial charge in [0, 0.05) is 11.1 Å². The van der Waals surface area contributed by atoms with Crippen molar-refractivity contribution in [1.82, 2.24) is 0 Å². The predicted octanol–water partition coefficient (Wildman–Crippen LogP) is 2.71. The molecule has 2 aliphatic carbocycles. The molecule has 3 heteroatoms. The smallest absolute Gasteiger partial charge is 0.198 e. The first kappa shape index (κ1) is 11.4. The highest BCUT2D eigenvalue weighted by Gasteiger charge is 2.80. The van der Waals surface area contributed by atoms with Gasteiger partial charge < -0.3 is 4.74 Å². The van der Waals surface area contributed by atoms with E-state index in [1.54, 1.807) is 0 Å². The molecule has 1 saturated carbocycles. The molecule has 3 aliphatic rings. The van der Waals surface area contributed by atoms with E-state index in [9.17, 15) is 9.59 Å². The molecule has 2 fully saturated rings. The summed E-state index contributed by atoms with van der Waals surface area (Å²) in [5, 5.41) is 0. The maximum Gasteiger partial charge on any atom is 0.198 e. The normalized spacial score (nSPS) is 35.4. The van der Waals surface area contributed by atoms with Gasteiger partial charge in [0.15, 0.2) is 22.8 Å². The molecule has 1 heterocycles. The molecule has 0 bridgehead atoms. The Hall–Kier alpha value is -1.48. The Morgan fingerprint density at radius 2 is 1.68 bits per heavy atom. The summed E-state index contributed by atoms with van der Waals surface area (Å²) in [4.78, 5) is 25.4. The van der Waals surface area contributed by atoms with Crippen LogP contribution in [0, 0.1) is 0 Å². The first-order chi connectivity index (χ1) is 9.14. The minimum Gasteiger partial charge on any atom is -0.345 e. The summed E-state index contributed by atoms with van der Waals surface area (Å²) in [6.45, 7) is 2.05. The van der Waals surface area contributed by atoms with Gasteiger partial charge in [-0.15, -0.1) is 0 Å². The molecular weight excluding hydrogens is 240 g/mol. The molecule has 1 aromatic rings. The van der Waals surface area contributed by atoms with Crippen molar-refractivity contribution in [2.45, 2.75) is 50.2 Å². The molecular formula is C16H16O3. The summed E-state index contributed by atoms with van der Waals surface area (Å²) in [6, 6.07) is 5.63. The van der Waals surface area contributed by atoms with Crippen LogP contribution in [-0.2, 0) is 11.2 Å². The minimum absolute atomic E-state index is 0.0319. The van der Waals surface area contributed by atoms with E-state index in [4.69, 9.17) is 4.74 Å². The van der Waals surface area contributed by atoms with Gasteiger partial charge in [0.2, 0.25) is 0 Å². The molecule has 19 heavy (non-hydrogen) atoms. The van der Waals surface area contributed by atoms with E-state index in [-0.39, 0.29) is 11.6 Å². The molecule has 3 nitrogen and oxygen atoms in total. The second kappa shape index (κ2) is 3.34. The van der Waals surface area contributed by atoms with Crippen molar-refractivity contribution in [1.29, 1.82) is 0 Å². The Morgan fingerprint density at radius 3 is 2.32 bits per heavy atom. The van der Waals surface area contributed by atoms with Crippen LogP contribution < -0.4 is 0 Å². The molecule has 0 amide bonds. The summed E-state index contributed by atoms with van der Waals surface area (Å²) >= 11 is 0. The number of ketones is 2. The number of fused-ring (bicyclic) bond motifs is 1. The highest BCUT2D eigenvalue weighted by atomic mass is 16.6. The van der Waals surface area contributed by atoms with E-state index in [1.165, 1.54) is 0 Å². The Labute approximate surface area is 111 Å². The van der Waals surface area contributed by atoms with Crippen LogP contribution in [0.5, 0.6) is 0 Å². The molecule has 98 valence electrons. The van der Waals surface area contributed by atoms with Crippen LogP contribution in [0.25, 0.3) is 0 Å². The van der Waals surface area contributed by atoms with Crippen molar-refractivity contribution in [2.24, 2.45) is 0 Å².